The number of hydrogen-bond acceptors (Lipinski definition) is 7. The van der Waals surface area contributed by atoms with Crippen LogP contribution in [-0.2, 0) is 6.42 Å². The summed E-state index contributed by atoms with van der Waals surface area (Å²) in [4.78, 5) is 4.61. The lowest BCUT2D eigenvalue weighted by atomic mass is 10.0. The maximum absolute atomic E-state index is 9.50. The highest BCUT2D eigenvalue weighted by Gasteiger charge is 2.26. The van der Waals surface area contributed by atoms with Gasteiger partial charge >= 0.3 is 0 Å². The molecule has 0 radical (unpaired) electrons. The van der Waals surface area contributed by atoms with E-state index in [1.54, 1.807) is 12.1 Å². The van der Waals surface area contributed by atoms with Gasteiger partial charge < -0.3 is 19.7 Å². The standard InChI is InChI=1S/C24H26N4O3/c1-2-3-13-30-22-10-7-16(14-17(22)15-25)24-27-23(28-31-24)20-6-4-5-19-18(20)8-9-21(19)26-11-12-29/h4-7,10,14,21,26,29H,2-3,8-9,11-13H2,1H3. The van der Waals surface area contributed by atoms with E-state index in [1.165, 1.54) is 11.1 Å². The van der Waals surface area contributed by atoms with Crippen LogP contribution in [0.2, 0.25) is 0 Å². The van der Waals surface area contributed by atoms with Crippen molar-refractivity contribution in [2.75, 3.05) is 19.8 Å². The van der Waals surface area contributed by atoms with E-state index in [9.17, 15) is 5.26 Å². The fourth-order valence-electron chi connectivity index (χ4n) is 3.97. The van der Waals surface area contributed by atoms with E-state index in [0.29, 0.717) is 41.7 Å². The van der Waals surface area contributed by atoms with Crippen LogP contribution in [0, 0.1) is 11.3 Å². The molecule has 1 heterocycles. The van der Waals surface area contributed by atoms with Crippen LogP contribution in [0.1, 0.15) is 48.9 Å². The number of ether oxygens (including phenoxy) is 1. The number of benzene rings is 2. The topological polar surface area (TPSA) is 104 Å². The highest BCUT2D eigenvalue weighted by atomic mass is 16.5. The summed E-state index contributed by atoms with van der Waals surface area (Å²) in [7, 11) is 0. The quantitative estimate of drug-likeness (QED) is 0.506. The van der Waals surface area contributed by atoms with Gasteiger partial charge in [0.2, 0.25) is 5.82 Å². The van der Waals surface area contributed by atoms with Crippen molar-refractivity contribution in [2.24, 2.45) is 0 Å². The molecule has 31 heavy (non-hydrogen) atoms. The molecule has 7 nitrogen and oxygen atoms in total. The molecule has 160 valence electrons. The molecule has 0 spiro atoms. The van der Waals surface area contributed by atoms with Crippen molar-refractivity contribution >= 4 is 0 Å². The number of nitrogens with zero attached hydrogens (tertiary/aromatic N) is 3. The van der Waals surface area contributed by atoms with Crippen LogP contribution in [0.15, 0.2) is 40.9 Å². The van der Waals surface area contributed by atoms with E-state index in [0.717, 1.165) is 31.2 Å². The average molecular weight is 418 g/mol. The molecule has 0 saturated carbocycles. The molecule has 0 fully saturated rings. The van der Waals surface area contributed by atoms with Crippen molar-refractivity contribution in [3.05, 3.63) is 53.1 Å². The molecule has 1 aromatic heterocycles. The Hall–Kier alpha value is -3.21. The van der Waals surface area contributed by atoms with Crippen LogP contribution in [0.25, 0.3) is 22.8 Å². The first-order valence-corrected chi connectivity index (χ1v) is 10.7. The summed E-state index contributed by atoms with van der Waals surface area (Å²) in [5.41, 5.74) is 4.53. The normalized spacial score (nSPS) is 14.9. The van der Waals surface area contributed by atoms with E-state index >= 15 is 0 Å². The van der Waals surface area contributed by atoms with Gasteiger partial charge in [-0.2, -0.15) is 10.2 Å². The third-order valence-corrected chi connectivity index (χ3v) is 5.54. The SMILES string of the molecule is CCCCOc1ccc(-c2nc(-c3cccc4c3CCC4NCCO)no2)cc1C#N. The van der Waals surface area contributed by atoms with Crippen molar-refractivity contribution < 1.29 is 14.4 Å². The molecule has 2 aromatic carbocycles. The fourth-order valence-corrected chi connectivity index (χ4v) is 3.97. The van der Waals surface area contributed by atoms with Crippen LogP contribution < -0.4 is 10.1 Å². The Morgan fingerprint density at radius 3 is 3.03 bits per heavy atom. The highest BCUT2D eigenvalue weighted by molar-refractivity contribution is 5.67. The van der Waals surface area contributed by atoms with E-state index in [4.69, 9.17) is 14.4 Å². The second-order valence-corrected chi connectivity index (χ2v) is 7.59. The molecule has 1 atom stereocenters. The predicted molar refractivity (Wildman–Crippen MR) is 116 cm³/mol. The zero-order valence-electron chi connectivity index (χ0n) is 17.6. The van der Waals surface area contributed by atoms with Gasteiger partial charge in [0.05, 0.1) is 18.8 Å². The number of unbranched alkanes of at least 4 members (excludes halogenated alkanes) is 1. The molecule has 4 rings (SSSR count). The van der Waals surface area contributed by atoms with Crippen molar-refractivity contribution in [3.63, 3.8) is 0 Å². The number of aliphatic hydroxyl groups is 1. The molecule has 3 aromatic rings. The van der Waals surface area contributed by atoms with Crippen LogP contribution in [0.4, 0.5) is 0 Å². The predicted octanol–water partition coefficient (Wildman–Crippen LogP) is 4.02. The van der Waals surface area contributed by atoms with Crippen molar-refractivity contribution in [1.29, 1.82) is 5.26 Å². The molecule has 1 aliphatic rings. The number of aromatic nitrogens is 2. The Kier molecular flexibility index (Phi) is 6.60. The molecule has 0 saturated heterocycles. The smallest absolute Gasteiger partial charge is 0.258 e. The maximum Gasteiger partial charge on any atom is 0.258 e. The number of nitriles is 1. The summed E-state index contributed by atoms with van der Waals surface area (Å²) in [5.74, 6) is 1.48. The van der Waals surface area contributed by atoms with Gasteiger partial charge in [0.1, 0.15) is 11.8 Å². The Morgan fingerprint density at radius 2 is 2.23 bits per heavy atom. The molecule has 0 bridgehead atoms. The van der Waals surface area contributed by atoms with Crippen LogP contribution in [-0.4, -0.2) is 35.0 Å². The second kappa shape index (κ2) is 9.73. The summed E-state index contributed by atoms with van der Waals surface area (Å²) >= 11 is 0. The number of nitrogens with one attached hydrogen (secondary N) is 1. The summed E-state index contributed by atoms with van der Waals surface area (Å²) in [5, 5.41) is 26.2. The molecule has 1 aliphatic carbocycles. The largest absolute Gasteiger partial charge is 0.492 e. The summed E-state index contributed by atoms with van der Waals surface area (Å²) in [6.07, 6.45) is 3.87. The van der Waals surface area contributed by atoms with Gasteiger partial charge in [-0.05, 0) is 48.6 Å². The van der Waals surface area contributed by atoms with Gasteiger partial charge in [-0.1, -0.05) is 36.7 Å². The first-order chi connectivity index (χ1) is 15.2. The number of aliphatic hydroxyl groups excluding tert-OH is 1. The lowest BCUT2D eigenvalue weighted by Crippen LogP contribution is -2.22. The molecular weight excluding hydrogens is 392 g/mol. The van der Waals surface area contributed by atoms with Crippen molar-refractivity contribution in [2.45, 2.75) is 38.6 Å². The van der Waals surface area contributed by atoms with Crippen molar-refractivity contribution in [1.82, 2.24) is 15.5 Å². The first kappa shape index (κ1) is 21.0. The van der Waals surface area contributed by atoms with E-state index < -0.39 is 0 Å². The first-order valence-electron chi connectivity index (χ1n) is 10.7. The van der Waals surface area contributed by atoms with Crippen molar-refractivity contribution in [3.8, 4) is 34.7 Å². The minimum absolute atomic E-state index is 0.118. The third-order valence-electron chi connectivity index (χ3n) is 5.54. The number of hydrogen-bond donors (Lipinski definition) is 2. The van der Waals surface area contributed by atoms with Gasteiger partial charge in [0, 0.05) is 23.7 Å². The van der Waals surface area contributed by atoms with E-state index in [1.807, 2.05) is 18.2 Å². The maximum atomic E-state index is 9.50. The Labute approximate surface area is 181 Å². The lowest BCUT2D eigenvalue weighted by Gasteiger charge is -2.13. The summed E-state index contributed by atoms with van der Waals surface area (Å²) in [6, 6.07) is 13.9. The zero-order valence-corrected chi connectivity index (χ0v) is 17.6. The minimum atomic E-state index is 0.118. The monoisotopic (exact) mass is 418 g/mol. The van der Waals surface area contributed by atoms with Gasteiger partial charge in [-0.15, -0.1) is 0 Å². The number of rotatable bonds is 9. The Balaban J connectivity index is 1.59. The fraction of sp³-hybridized carbons (Fsp3) is 0.375. The van der Waals surface area contributed by atoms with Gasteiger partial charge in [-0.25, -0.2) is 0 Å². The average Bonchev–Trinajstić information content (AvgIpc) is 3.45. The van der Waals surface area contributed by atoms with E-state index in [2.05, 4.69) is 34.5 Å². The van der Waals surface area contributed by atoms with E-state index in [-0.39, 0.29) is 12.6 Å². The molecule has 1 unspecified atom stereocenters. The lowest BCUT2D eigenvalue weighted by molar-refractivity contribution is 0.284. The summed E-state index contributed by atoms with van der Waals surface area (Å²) in [6.45, 7) is 3.37. The Bertz CT molecular complexity index is 1090. The minimum Gasteiger partial charge on any atom is -0.492 e. The third kappa shape index (κ3) is 4.46. The van der Waals surface area contributed by atoms with Crippen LogP contribution in [0.5, 0.6) is 5.75 Å². The highest BCUT2D eigenvalue weighted by Crippen LogP contribution is 2.37. The molecule has 0 amide bonds. The van der Waals surface area contributed by atoms with Gasteiger partial charge in [0.15, 0.2) is 0 Å². The molecule has 7 heteroatoms. The molecular formula is C24H26N4O3. The molecule has 2 N–H and O–H groups in total. The molecule has 0 aliphatic heterocycles. The van der Waals surface area contributed by atoms with Gasteiger partial charge in [-0.3, -0.25) is 0 Å². The Morgan fingerprint density at radius 1 is 1.32 bits per heavy atom. The number of fused-ring (bicyclic) bond motifs is 1. The zero-order chi connectivity index (χ0) is 21.6. The van der Waals surface area contributed by atoms with Gasteiger partial charge in [0.25, 0.3) is 5.89 Å². The van der Waals surface area contributed by atoms with Crippen LogP contribution >= 0.6 is 0 Å². The second-order valence-electron chi connectivity index (χ2n) is 7.59. The van der Waals surface area contributed by atoms with Crippen LogP contribution in [0.3, 0.4) is 0 Å². The summed E-state index contributed by atoms with van der Waals surface area (Å²) < 4.78 is 11.2.